The molecule has 0 aliphatic carbocycles. The van der Waals surface area contributed by atoms with Crippen LogP contribution in [0.1, 0.15) is 0 Å². The normalized spacial score (nSPS) is 21.1. The predicted molar refractivity (Wildman–Crippen MR) is 125 cm³/mol. The number of ether oxygens (including phenoxy) is 1. The summed E-state index contributed by atoms with van der Waals surface area (Å²) >= 11 is 13.2. The Morgan fingerprint density at radius 2 is 1.84 bits per heavy atom. The number of fused-ring (bicyclic) bond motifs is 4. The number of aromatic nitrogens is 5. The van der Waals surface area contributed by atoms with Crippen LogP contribution in [0.25, 0.3) is 33.1 Å². The number of halogens is 2. The van der Waals surface area contributed by atoms with Gasteiger partial charge in [-0.1, -0.05) is 29.3 Å². The molecular weight excluding hydrogens is 453 g/mol. The van der Waals surface area contributed by atoms with Crippen molar-refractivity contribution >= 4 is 51.1 Å². The lowest BCUT2D eigenvalue weighted by atomic mass is 10.0. The predicted octanol–water partition coefficient (Wildman–Crippen LogP) is 2.30. The van der Waals surface area contributed by atoms with Crippen molar-refractivity contribution in [1.82, 2.24) is 29.6 Å². The molecule has 2 bridgehead atoms. The molecule has 0 amide bonds. The van der Waals surface area contributed by atoms with Crippen LogP contribution in [0.5, 0.6) is 0 Å². The van der Waals surface area contributed by atoms with Crippen LogP contribution in [0.3, 0.4) is 0 Å². The van der Waals surface area contributed by atoms with Gasteiger partial charge in [-0.3, -0.25) is 14.0 Å². The standard InChI is InChI=1S/C21H21Cl2N7O2/c1-28-20(31)15-13(12-3-4-14-16(17(12)22)18(23)29(2)27-14)5-24-19(15)26-21(28)30-6-10-8-32-9-11(7-30)25-10/h3-5,10-11,24-25H,6-9H2,1-2H3. The van der Waals surface area contributed by atoms with Gasteiger partial charge in [-0.15, -0.1) is 0 Å². The number of benzene rings is 1. The largest absolute Gasteiger partial charge is 0.378 e. The summed E-state index contributed by atoms with van der Waals surface area (Å²) in [5.41, 5.74) is 2.51. The molecule has 2 N–H and O–H groups in total. The zero-order chi connectivity index (χ0) is 22.1. The topological polar surface area (TPSA) is 93.0 Å². The number of H-pyrrole nitrogens is 1. The molecule has 5 heterocycles. The lowest BCUT2D eigenvalue weighted by molar-refractivity contribution is 0.0371. The number of aromatic amines is 1. The molecule has 3 aromatic heterocycles. The summed E-state index contributed by atoms with van der Waals surface area (Å²) in [6.45, 7) is 2.79. The highest BCUT2D eigenvalue weighted by Gasteiger charge is 2.32. The van der Waals surface area contributed by atoms with Gasteiger partial charge in [0, 0.05) is 56.6 Å². The second-order valence-electron chi connectivity index (χ2n) is 8.44. The molecule has 2 atom stereocenters. The molecule has 0 spiro atoms. The monoisotopic (exact) mass is 473 g/mol. The molecule has 1 aromatic carbocycles. The van der Waals surface area contributed by atoms with Crippen LogP contribution >= 0.6 is 23.2 Å². The Morgan fingerprint density at radius 3 is 2.59 bits per heavy atom. The van der Waals surface area contributed by atoms with Crippen LogP contribution in [-0.4, -0.2) is 62.7 Å². The average Bonchev–Trinajstić information content (AvgIpc) is 3.32. The molecule has 166 valence electrons. The summed E-state index contributed by atoms with van der Waals surface area (Å²) in [6.07, 6.45) is 1.78. The summed E-state index contributed by atoms with van der Waals surface area (Å²) in [6, 6.07) is 4.17. The number of morpholine rings is 1. The van der Waals surface area contributed by atoms with Crippen LogP contribution in [-0.2, 0) is 18.8 Å². The Bertz CT molecular complexity index is 1430. The van der Waals surface area contributed by atoms with Crippen molar-refractivity contribution in [1.29, 1.82) is 0 Å². The van der Waals surface area contributed by atoms with Crippen LogP contribution < -0.4 is 15.8 Å². The summed E-state index contributed by atoms with van der Waals surface area (Å²) in [4.78, 5) is 23.6. The number of hydrogen-bond acceptors (Lipinski definition) is 6. The maximum atomic E-state index is 13.5. The van der Waals surface area contributed by atoms with Gasteiger partial charge >= 0.3 is 0 Å². The summed E-state index contributed by atoms with van der Waals surface area (Å²) in [5.74, 6) is 0.645. The summed E-state index contributed by atoms with van der Waals surface area (Å²) in [7, 11) is 3.53. The fourth-order valence-corrected chi connectivity index (χ4v) is 5.46. The van der Waals surface area contributed by atoms with Crippen molar-refractivity contribution in [3.05, 3.63) is 38.9 Å². The molecule has 32 heavy (non-hydrogen) atoms. The Morgan fingerprint density at radius 1 is 1.09 bits per heavy atom. The molecule has 2 aliphatic heterocycles. The van der Waals surface area contributed by atoms with E-state index >= 15 is 0 Å². The van der Waals surface area contributed by atoms with Crippen molar-refractivity contribution in [2.75, 3.05) is 31.2 Å². The second-order valence-corrected chi connectivity index (χ2v) is 9.18. The minimum Gasteiger partial charge on any atom is -0.378 e. The minimum absolute atomic E-state index is 0.130. The first-order chi connectivity index (χ1) is 15.4. The maximum absolute atomic E-state index is 13.5. The average molecular weight is 474 g/mol. The minimum atomic E-state index is -0.130. The van der Waals surface area contributed by atoms with Gasteiger partial charge < -0.3 is 19.9 Å². The number of anilines is 1. The van der Waals surface area contributed by atoms with E-state index in [9.17, 15) is 4.79 Å². The first-order valence-corrected chi connectivity index (χ1v) is 11.2. The summed E-state index contributed by atoms with van der Waals surface area (Å²) in [5, 5.41) is 10.0. The number of nitrogens with one attached hydrogen (secondary N) is 2. The van der Waals surface area contributed by atoms with Crippen LogP contribution in [0.4, 0.5) is 5.95 Å². The van der Waals surface area contributed by atoms with Crippen molar-refractivity contribution in [2.45, 2.75) is 12.1 Å². The fraction of sp³-hybridized carbons (Fsp3) is 0.381. The highest BCUT2D eigenvalue weighted by atomic mass is 35.5. The SMILES string of the molecule is Cn1nc2ccc(-c3c[nH]c4nc(N5CC6COCC(C5)N6)n(C)c(=O)c34)c(Cl)c2c1Cl. The van der Waals surface area contributed by atoms with E-state index in [-0.39, 0.29) is 17.6 Å². The van der Waals surface area contributed by atoms with Gasteiger partial charge in [-0.2, -0.15) is 10.1 Å². The number of rotatable bonds is 2. The summed E-state index contributed by atoms with van der Waals surface area (Å²) < 4.78 is 8.83. The van der Waals surface area contributed by atoms with Gasteiger partial charge in [0.25, 0.3) is 5.56 Å². The van der Waals surface area contributed by atoms with E-state index in [0.717, 1.165) is 13.1 Å². The van der Waals surface area contributed by atoms with E-state index in [4.69, 9.17) is 32.9 Å². The van der Waals surface area contributed by atoms with Gasteiger partial charge in [-0.25, -0.2) is 0 Å². The molecule has 9 nitrogen and oxygen atoms in total. The molecule has 11 heteroatoms. The number of nitrogens with zero attached hydrogens (tertiary/aromatic N) is 5. The van der Waals surface area contributed by atoms with Gasteiger partial charge in [-0.05, 0) is 6.07 Å². The first-order valence-electron chi connectivity index (χ1n) is 10.4. The highest BCUT2D eigenvalue weighted by Crippen LogP contribution is 2.39. The van der Waals surface area contributed by atoms with Crippen molar-refractivity contribution in [2.24, 2.45) is 14.1 Å². The smallest absolute Gasteiger partial charge is 0.264 e. The number of aryl methyl sites for hydroxylation is 1. The zero-order valence-corrected chi connectivity index (χ0v) is 19.0. The Kier molecular flexibility index (Phi) is 4.52. The van der Waals surface area contributed by atoms with E-state index < -0.39 is 0 Å². The van der Waals surface area contributed by atoms with Gasteiger partial charge in [0.2, 0.25) is 5.95 Å². The third kappa shape index (κ3) is 2.88. The molecule has 2 aliphatic rings. The molecule has 2 unspecified atom stereocenters. The van der Waals surface area contributed by atoms with E-state index in [0.29, 0.717) is 62.4 Å². The van der Waals surface area contributed by atoms with Crippen LogP contribution in [0.15, 0.2) is 23.1 Å². The van der Waals surface area contributed by atoms with Gasteiger partial charge in [0.05, 0.1) is 34.5 Å². The number of piperazine rings is 1. The van der Waals surface area contributed by atoms with Gasteiger partial charge in [0.1, 0.15) is 10.8 Å². The quantitative estimate of drug-likeness (QED) is 0.463. The van der Waals surface area contributed by atoms with E-state index in [1.807, 2.05) is 12.1 Å². The molecular formula is C21H21Cl2N7O2. The van der Waals surface area contributed by atoms with E-state index in [2.05, 4.69) is 20.3 Å². The van der Waals surface area contributed by atoms with Crippen molar-refractivity contribution < 1.29 is 4.74 Å². The Labute approximate surface area is 192 Å². The van der Waals surface area contributed by atoms with E-state index in [1.54, 1.807) is 29.5 Å². The molecule has 2 saturated heterocycles. The van der Waals surface area contributed by atoms with Crippen LogP contribution in [0, 0.1) is 0 Å². The third-order valence-corrected chi connectivity index (χ3v) is 7.15. The molecule has 0 radical (unpaired) electrons. The second kappa shape index (κ2) is 7.21. The van der Waals surface area contributed by atoms with E-state index in [1.165, 1.54) is 0 Å². The molecule has 0 saturated carbocycles. The lowest BCUT2D eigenvalue weighted by Crippen LogP contribution is -2.63. The van der Waals surface area contributed by atoms with Gasteiger partial charge in [0.15, 0.2) is 0 Å². The Balaban J connectivity index is 1.49. The third-order valence-electron chi connectivity index (χ3n) is 6.32. The van der Waals surface area contributed by atoms with Crippen molar-refractivity contribution in [3.8, 4) is 11.1 Å². The van der Waals surface area contributed by atoms with Crippen molar-refractivity contribution in [3.63, 3.8) is 0 Å². The molecule has 4 aromatic rings. The maximum Gasteiger partial charge on any atom is 0.264 e. The molecule has 2 fully saturated rings. The first kappa shape index (κ1) is 20.0. The highest BCUT2D eigenvalue weighted by molar-refractivity contribution is 6.43. The Hall–Kier alpha value is -2.59. The zero-order valence-electron chi connectivity index (χ0n) is 17.5. The number of hydrogen-bond donors (Lipinski definition) is 2. The van der Waals surface area contributed by atoms with Crippen LogP contribution in [0.2, 0.25) is 10.2 Å². The molecule has 6 rings (SSSR count). The lowest BCUT2D eigenvalue weighted by Gasteiger charge is -2.42. The fourth-order valence-electron chi connectivity index (χ4n) is 4.83.